The Morgan fingerprint density at radius 3 is 2.78 bits per heavy atom. The number of aromatic nitrogens is 2. The van der Waals surface area contributed by atoms with Gasteiger partial charge in [0.15, 0.2) is 0 Å². The zero-order valence-corrected chi connectivity index (χ0v) is 14.9. The molecule has 1 aliphatic rings. The van der Waals surface area contributed by atoms with E-state index in [4.69, 9.17) is 0 Å². The lowest BCUT2D eigenvalue weighted by Gasteiger charge is -2.16. The van der Waals surface area contributed by atoms with Crippen molar-refractivity contribution in [3.8, 4) is 0 Å². The lowest BCUT2D eigenvalue weighted by atomic mass is 10.1. The summed E-state index contributed by atoms with van der Waals surface area (Å²) in [6.07, 6.45) is 3.81. The highest BCUT2D eigenvalue weighted by atomic mass is 16.2. The first-order chi connectivity index (χ1) is 13.2. The van der Waals surface area contributed by atoms with Crippen LogP contribution in [0.1, 0.15) is 28.8 Å². The second-order valence-corrected chi connectivity index (χ2v) is 6.65. The van der Waals surface area contributed by atoms with Crippen LogP contribution >= 0.6 is 0 Å². The molecule has 0 unspecified atom stereocenters. The minimum Gasteiger partial charge on any atom is -0.348 e. The van der Waals surface area contributed by atoms with Crippen LogP contribution < -0.4 is 10.6 Å². The average molecular weight is 363 g/mol. The third kappa shape index (κ3) is 3.76. The topological polar surface area (TPSA) is 90.1 Å². The van der Waals surface area contributed by atoms with Gasteiger partial charge in [-0.3, -0.25) is 9.89 Å². The number of hydrogen-bond acceptors (Lipinski definition) is 3. The van der Waals surface area contributed by atoms with Crippen molar-refractivity contribution in [3.63, 3.8) is 0 Å². The van der Waals surface area contributed by atoms with Gasteiger partial charge in [-0.15, -0.1) is 0 Å². The molecule has 3 N–H and O–H groups in total. The van der Waals surface area contributed by atoms with E-state index in [9.17, 15) is 9.59 Å². The minimum atomic E-state index is -0.170. The zero-order chi connectivity index (χ0) is 18.6. The quantitative estimate of drug-likeness (QED) is 0.665. The van der Waals surface area contributed by atoms with Crippen molar-refractivity contribution in [1.82, 2.24) is 20.4 Å². The Morgan fingerprint density at radius 2 is 1.93 bits per heavy atom. The summed E-state index contributed by atoms with van der Waals surface area (Å²) in [4.78, 5) is 26.6. The number of rotatable bonds is 4. The average Bonchev–Trinajstić information content (AvgIpc) is 3.37. The molecule has 1 saturated heterocycles. The van der Waals surface area contributed by atoms with Crippen LogP contribution in [0.15, 0.2) is 48.7 Å². The highest BCUT2D eigenvalue weighted by molar-refractivity contribution is 6.05. The Labute approximate surface area is 156 Å². The molecule has 1 fully saturated rings. The summed E-state index contributed by atoms with van der Waals surface area (Å²) in [5.41, 5.74) is 2.93. The molecule has 7 nitrogen and oxygen atoms in total. The van der Waals surface area contributed by atoms with Crippen molar-refractivity contribution in [2.24, 2.45) is 0 Å². The number of para-hydroxylation sites is 1. The van der Waals surface area contributed by atoms with Gasteiger partial charge in [0.05, 0.1) is 17.3 Å². The van der Waals surface area contributed by atoms with Gasteiger partial charge in [-0.2, -0.15) is 5.10 Å². The second kappa shape index (κ2) is 7.49. The van der Waals surface area contributed by atoms with Gasteiger partial charge in [-0.25, -0.2) is 4.79 Å². The van der Waals surface area contributed by atoms with E-state index in [0.717, 1.165) is 48.1 Å². The molecule has 1 aromatic heterocycles. The number of amides is 3. The molecular formula is C20H21N5O2. The molecule has 7 heteroatoms. The molecule has 0 saturated carbocycles. The summed E-state index contributed by atoms with van der Waals surface area (Å²) < 4.78 is 0. The normalized spacial score (nSPS) is 13.7. The van der Waals surface area contributed by atoms with Gasteiger partial charge in [0, 0.05) is 30.7 Å². The van der Waals surface area contributed by atoms with Crippen LogP contribution in [0.3, 0.4) is 0 Å². The number of nitrogens with one attached hydrogen (secondary N) is 3. The van der Waals surface area contributed by atoms with Crippen LogP contribution in [0.25, 0.3) is 10.9 Å². The maximum Gasteiger partial charge on any atom is 0.321 e. The number of benzene rings is 2. The predicted octanol–water partition coefficient (Wildman–Crippen LogP) is 3.12. The fourth-order valence-electron chi connectivity index (χ4n) is 3.32. The summed E-state index contributed by atoms with van der Waals surface area (Å²) >= 11 is 0. The van der Waals surface area contributed by atoms with E-state index in [1.54, 1.807) is 12.3 Å². The molecular weight excluding hydrogens is 342 g/mol. The first kappa shape index (κ1) is 17.1. The van der Waals surface area contributed by atoms with E-state index in [1.807, 2.05) is 41.3 Å². The molecule has 27 heavy (non-hydrogen) atoms. The number of carbonyl (C=O) groups is 2. The molecule has 3 aromatic rings. The summed E-state index contributed by atoms with van der Waals surface area (Å²) in [7, 11) is 0. The Hall–Kier alpha value is -3.35. The monoisotopic (exact) mass is 363 g/mol. The number of fused-ring (bicyclic) bond motifs is 1. The Bertz CT molecular complexity index is 975. The van der Waals surface area contributed by atoms with Crippen molar-refractivity contribution < 1.29 is 9.59 Å². The molecule has 0 spiro atoms. The summed E-state index contributed by atoms with van der Waals surface area (Å²) in [5.74, 6) is -0.170. The summed E-state index contributed by atoms with van der Waals surface area (Å²) in [5, 5.41) is 13.6. The number of carbonyl (C=O) groups excluding carboxylic acids is 2. The number of aromatic amines is 1. The summed E-state index contributed by atoms with van der Waals surface area (Å²) in [6.45, 7) is 1.98. The lowest BCUT2D eigenvalue weighted by molar-refractivity contribution is 0.0952. The van der Waals surface area contributed by atoms with Crippen molar-refractivity contribution in [1.29, 1.82) is 0 Å². The van der Waals surface area contributed by atoms with Gasteiger partial charge in [-0.05, 0) is 36.6 Å². The van der Waals surface area contributed by atoms with E-state index in [-0.39, 0.29) is 11.9 Å². The Morgan fingerprint density at radius 1 is 1.11 bits per heavy atom. The molecule has 3 amide bonds. The fraction of sp³-hybridized carbons (Fsp3) is 0.250. The molecule has 0 radical (unpaired) electrons. The van der Waals surface area contributed by atoms with Gasteiger partial charge >= 0.3 is 6.03 Å². The first-order valence-electron chi connectivity index (χ1n) is 9.06. The number of urea groups is 1. The molecule has 0 bridgehead atoms. The van der Waals surface area contributed by atoms with Crippen molar-refractivity contribution in [2.75, 3.05) is 18.4 Å². The zero-order valence-electron chi connectivity index (χ0n) is 14.9. The summed E-state index contributed by atoms with van der Waals surface area (Å²) in [6, 6.07) is 13.0. The van der Waals surface area contributed by atoms with Gasteiger partial charge < -0.3 is 15.5 Å². The molecule has 2 aromatic carbocycles. The van der Waals surface area contributed by atoms with Crippen molar-refractivity contribution >= 4 is 28.5 Å². The van der Waals surface area contributed by atoms with Crippen LogP contribution in [0, 0.1) is 0 Å². The second-order valence-electron chi connectivity index (χ2n) is 6.65. The van der Waals surface area contributed by atoms with Crippen LogP contribution in [-0.4, -0.2) is 40.1 Å². The molecule has 2 heterocycles. The van der Waals surface area contributed by atoms with Crippen LogP contribution in [0.5, 0.6) is 0 Å². The van der Waals surface area contributed by atoms with Gasteiger partial charge in [0.25, 0.3) is 5.91 Å². The highest BCUT2D eigenvalue weighted by Gasteiger charge is 2.17. The highest BCUT2D eigenvalue weighted by Crippen LogP contribution is 2.17. The third-order valence-corrected chi connectivity index (χ3v) is 4.75. The number of anilines is 1. The predicted molar refractivity (Wildman–Crippen MR) is 104 cm³/mol. The fourth-order valence-corrected chi connectivity index (χ4v) is 3.32. The van der Waals surface area contributed by atoms with E-state index in [2.05, 4.69) is 20.8 Å². The third-order valence-electron chi connectivity index (χ3n) is 4.75. The number of H-pyrrole nitrogens is 1. The molecule has 0 atom stereocenters. The van der Waals surface area contributed by atoms with E-state index >= 15 is 0 Å². The van der Waals surface area contributed by atoms with Crippen LogP contribution in [0.4, 0.5) is 10.5 Å². The lowest BCUT2D eigenvalue weighted by Crippen LogP contribution is -2.32. The molecule has 4 rings (SSSR count). The van der Waals surface area contributed by atoms with E-state index < -0.39 is 0 Å². The van der Waals surface area contributed by atoms with Crippen molar-refractivity contribution in [2.45, 2.75) is 19.4 Å². The minimum absolute atomic E-state index is 0.0698. The smallest absolute Gasteiger partial charge is 0.321 e. The van der Waals surface area contributed by atoms with E-state index in [0.29, 0.717) is 12.1 Å². The standard InChI is InChI=1S/C20H21N5O2/c26-19(17-8-4-6-15-13-22-24-18(15)17)21-12-14-5-3-7-16(11-14)23-20(27)25-9-1-2-10-25/h3-8,11,13H,1-2,9-10,12H2,(H,21,26)(H,22,24)(H,23,27). The van der Waals surface area contributed by atoms with Crippen molar-refractivity contribution in [3.05, 3.63) is 59.8 Å². The number of hydrogen-bond donors (Lipinski definition) is 3. The Kier molecular flexibility index (Phi) is 4.74. The number of likely N-dealkylation sites (tertiary alicyclic amines) is 1. The molecule has 1 aliphatic heterocycles. The maximum atomic E-state index is 12.5. The molecule has 0 aliphatic carbocycles. The van der Waals surface area contributed by atoms with Gasteiger partial charge in [-0.1, -0.05) is 24.3 Å². The first-order valence-corrected chi connectivity index (χ1v) is 9.06. The Balaban J connectivity index is 1.40. The van der Waals surface area contributed by atoms with Gasteiger partial charge in [0.2, 0.25) is 0 Å². The SMILES string of the molecule is O=C(NCc1cccc(NC(=O)N2CCCC2)c1)c1cccc2cn[nH]c12. The van der Waals surface area contributed by atoms with Crippen LogP contribution in [-0.2, 0) is 6.54 Å². The maximum absolute atomic E-state index is 12.5. The van der Waals surface area contributed by atoms with E-state index in [1.165, 1.54) is 0 Å². The molecule has 138 valence electrons. The largest absolute Gasteiger partial charge is 0.348 e. The van der Waals surface area contributed by atoms with Crippen LogP contribution in [0.2, 0.25) is 0 Å². The van der Waals surface area contributed by atoms with Gasteiger partial charge in [0.1, 0.15) is 0 Å². The number of nitrogens with zero attached hydrogens (tertiary/aromatic N) is 2.